The predicted molar refractivity (Wildman–Crippen MR) is 82.9 cm³/mol. The minimum Gasteiger partial charge on any atom is -0.391 e. The zero-order chi connectivity index (χ0) is 14.7. The Morgan fingerprint density at radius 3 is 2.81 bits per heavy atom. The number of nitrogens with one attached hydrogen (secondary N) is 1. The topological polar surface area (TPSA) is 52.2 Å². The van der Waals surface area contributed by atoms with Crippen LogP contribution in [0.3, 0.4) is 0 Å². The first-order valence-corrected chi connectivity index (χ1v) is 7.65. The maximum absolute atomic E-state index is 10.4. The van der Waals surface area contributed by atoms with E-state index >= 15 is 0 Å². The molecular weight excluding hydrogens is 262 g/mol. The number of aliphatic hydroxyl groups excluding tert-OH is 1. The maximum atomic E-state index is 10.4. The first kappa shape index (κ1) is 14.3. The molecule has 21 heavy (non-hydrogen) atoms. The van der Waals surface area contributed by atoms with E-state index in [4.69, 9.17) is 0 Å². The smallest absolute Gasteiger partial charge is 0.120 e. The van der Waals surface area contributed by atoms with E-state index in [1.54, 1.807) is 6.20 Å². The zero-order valence-electron chi connectivity index (χ0n) is 12.5. The average molecular weight is 285 g/mol. The molecule has 0 spiro atoms. The lowest BCUT2D eigenvalue weighted by atomic mass is 9.87. The summed E-state index contributed by atoms with van der Waals surface area (Å²) in [5.41, 5.74) is 2.61. The minimum atomic E-state index is -0.255. The summed E-state index contributed by atoms with van der Waals surface area (Å²) in [6, 6.07) is 8.65. The van der Waals surface area contributed by atoms with E-state index in [1.807, 2.05) is 6.20 Å². The van der Waals surface area contributed by atoms with Crippen molar-refractivity contribution in [1.82, 2.24) is 14.9 Å². The van der Waals surface area contributed by atoms with Gasteiger partial charge in [0.2, 0.25) is 0 Å². The summed E-state index contributed by atoms with van der Waals surface area (Å²) < 4.78 is 0. The first-order chi connectivity index (χ1) is 10.2. The fraction of sp³-hybridized carbons (Fsp3) is 0.471. The van der Waals surface area contributed by atoms with Crippen molar-refractivity contribution in [2.45, 2.75) is 32.4 Å². The molecule has 1 aromatic carbocycles. The van der Waals surface area contributed by atoms with Crippen LogP contribution in [-0.2, 0) is 13.0 Å². The summed E-state index contributed by atoms with van der Waals surface area (Å²) in [5, 5.41) is 10.4. The number of hydrogen-bond acceptors (Lipinski definition) is 3. The number of H-pyrrole nitrogens is 1. The van der Waals surface area contributed by atoms with Crippen LogP contribution in [0.15, 0.2) is 36.7 Å². The largest absolute Gasteiger partial charge is 0.391 e. The highest BCUT2D eigenvalue weighted by Crippen LogP contribution is 2.23. The molecule has 2 N–H and O–H groups in total. The summed E-state index contributed by atoms with van der Waals surface area (Å²) in [6.45, 7) is 4.65. The Labute approximate surface area is 125 Å². The molecule has 3 rings (SSSR count). The predicted octanol–water partition coefficient (Wildman–Crippen LogP) is 2.14. The van der Waals surface area contributed by atoms with Gasteiger partial charge in [-0.2, -0.15) is 0 Å². The molecule has 0 unspecified atom stereocenters. The molecule has 2 aromatic rings. The lowest BCUT2D eigenvalue weighted by molar-refractivity contribution is 0.0179. The Hall–Kier alpha value is -1.65. The van der Waals surface area contributed by atoms with Crippen molar-refractivity contribution >= 4 is 0 Å². The van der Waals surface area contributed by atoms with Crippen molar-refractivity contribution in [2.24, 2.45) is 5.92 Å². The summed E-state index contributed by atoms with van der Waals surface area (Å²) in [4.78, 5) is 9.65. The zero-order valence-corrected chi connectivity index (χ0v) is 12.5. The SMILES string of the molecule is Cc1ccc(C[C@H]2CCN(Cc3ncc[nH]3)C[C@@H]2O)cc1. The van der Waals surface area contributed by atoms with E-state index in [9.17, 15) is 5.11 Å². The number of piperidine rings is 1. The van der Waals surface area contributed by atoms with Gasteiger partial charge in [-0.15, -0.1) is 0 Å². The van der Waals surface area contributed by atoms with E-state index in [1.165, 1.54) is 11.1 Å². The van der Waals surface area contributed by atoms with Crippen molar-refractivity contribution in [3.8, 4) is 0 Å². The molecule has 0 bridgehead atoms. The molecule has 1 aliphatic rings. The number of aromatic amines is 1. The number of aryl methyl sites for hydroxylation is 1. The van der Waals surface area contributed by atoms with E-state index in [0.717, 1.165) is 38.3 Å². The molecule has 1 saturated heterocycles. The van der Waals surface area contributed by atoms with Gasteiger partial charge < -0.3 is 10.1 Å². The van der Waals surface area contributed by atoms with Gasteiger partial charge >= 0.3 is 0 Å². The minimum absolute atomic E-state index is 0.255. The van der Waals surface area contributed by atoms with Crippen LogP contribution in [0.4, 0.5) is 0 Å². The third-order valence-corrected chi connectivity index (χ3v) is 4.35. The molecule has 112 valence electrons. The lowest BCUT2D eigenvalue weighted by Crippen LogP contribution is -2.44. The number of nitrogens with zero attached hydrogens (tertiary/aromatic N) is 2. The fourth-order valence-electron chi connectivity index (χ4n) is 3.05. The van der Waals surface area contributed by atoms with Gasteiger partial charge in [0.15, 0.2) is 0 Å². The number of rotatable bonds is 4. The molecule has 1 aliphatic heterocycles. The Balaban J connectivity index is 1.54. The Morgan fingerprint density at radius 2 is 2.14 bits per heavy atom. The van der Waals surface area contributed by atoms with Gasteiger partial charge in [0, 0.05) is 18.9 Å². The molecule has 0 amide bonds. The van der Waals surface area contributed by atoms with Crippen LogP contribution >= 0.6 is 0 Å². The van der Waals surface area contributed by atoms with Gasteiger partial charge in [-0.3, -0.25) is 4.90 Å². The number of likely N-dealkylation sites (tertiary alicyclic amines) is 1. The lowest BCUT2D eigenvalue weighted by Gasteiger charge is -2.35. The Morgan fingerprint density at radius 1 is 1.33 bits per heavy atom. The second-order valence-electron chi connectivity index (χ2n) is 6.08. The number of β-amino-alcohol motifs (C(OH)–C–C–N with tert-alkyl or cyclic N) is 1. The number of aromatic nitrogens is 2. The molecular formula is C17H23N3O. The van der Waals surface area contributed by atoms with Gasteiger partial charge in [0.05, 0.1) is 12.6 Å². The summed E-state index contributed by atoms with van der Waals surface area (Å²) in [7, 11) is 0. The van der Waals surface area contributed by atoms with Crippen molar-refractivity contribution in [3.63, 3.8) is 0 Å². The molecule has 1 fully saturated rings. The third kappa shape index (κ3) is 3.71. The second kappa shape index (κ2) is 6.41. The summed E-state index contributed by atoms with van der Waals surface area (Å²) in [6.07, 6.45) is 5.37. The number of benzene rings is 1. The number of aliphatic hydroxyl groups is 1. The van der Waals surface area contributed by atoms with Crippen molar-refractivity contribution in [3.05, 3.63) is 53.6 Å². The highest BCUT2D eigenvalue weighted by atomic mass is 16.3. The van der Waals surface area contributed by atoms with Crippen LogP contribution < -0.4 is 0 Å². The van der Waals surface area contributed by atoms with E-state index in [2.05, 4.69) is 46.1 Å². The van der Waals surface area contributed by atoms with Crippen LogP contribution in [0.2, 0.25) is 0 Å². The first-order valence-electron chi connectivity index (χ1n) is 7.65. The quantitative estimate of drug-likeness (QED) is 0.905. The molecule has 4 heteroatoms. The van der Waals surface area contributed by atoms with Gasteiger partial charge in [-0.05, 0) is 37.8 Å². The molecule has 2 heterocycles. The Bertz CT molecular complexity index is 550. The number of hydrogen-bond donors (Lipinski definition) is 2. The van der Waals surface area contributed by atoms with Gasteiger partial charge in [0.1, 0.15) is 5.82 Å². The van der Waals surface area contributed by atoms with Crippen LogP contribution in [0.25, 0.3) is 0 Å². The monoisotopic (exact) mass is 285 g/mol. The standard InChI is InChI=1S/C17H23N3O/c1-13-2-4-14(5-3-13)10-15-6-9-20(11-16(15)21)12-17-18-7-8-19-17/h2-5,7-8,15-16,21H,6,9-12H2,1H3,(H,18,19)/t15-,16+/m1/s1. The molecule has 0 aliphatic carbocycles. The maximum Gasteiger partial charge on any atom is 0.120 e. The fourth-order valence-corrected chi connectivity index (χ4v) is 3.05. The van der Waals surface area contributed by atoms with Crippen LogP contribution in [0.1, 0.15) is 23.4 Å². The molecule has 2 atom stereocenters. The molecule has 1 aromatic heterocycles. The second-order valence-corrected chi connectivity index (χ2v) is 6.08. The third-order valence-electron chi connectivity index (χ3n) is 4.35. The van der Waals surface area contributed by atoms with Gasteiger partial charge in [0.25, 0.3) is 0 Å². The van der Waals surface area contributed by atoms with Crippen molar-refractivity contribution in [1.29, 1.82) is 0 Å². The Kier molecular flexibility index (Phi) is 4.36. The molecule has 0 radical (unpaired) electrons. The number of imidazole rings is 1. The highest BCUT2D eigenvalue weighted by Gasteiger charge is 2.27. The van der Waals surface area contributed by atoms with Crippen LogP contribution in [-0.4, -0.2) is 39.2 Å². The van der Waals surface area contributed by atoms with E-state index in [0.29, 0.717) is 5.92 Å². The van der Waals surface area contributed by atoms with Crippen molar-refractivity contribution in [2.75, 3.05) is 13.1 Å². The summed E-state index contributed by atoms with van der Waals surface area (Å²) in [5.74, 6) is 1.33. The van der Waals surface area contributed by atoms with E-state index in [-0.39, 0.29) is 6.10 Å². The molecule has 4 nitrogen and oxygen atoms in total. The summed E-state index contributed by atoms with van der Waals surface area (Å²) >= 11 is 0. The van der Waals surface area contributed by atoms with Crippen LogP contribution in [0, 0.1) is 12.8 Å². The molecule has 0 saturated carbocycles. The van der Waals surface area contributed by atoms with Gasteiger partial charge in [-0.1, -0.05) is 29.8 Å². The average Bonchev–Trinajstić information content (AvgIpc) is 2.97. The van der Waals surface area contributed by atoms with Crippen molar-refractivity contribution < 1.29 is 5.11 Å². The highest BCUT2D eigenvalue weighted by molar-refractivity contribution is 5.22. The van der Waals surface area contributed by atoms with E-state index < -0.39 is 0 Å². The van der Waals surface area contributed by atoms with Crippen LogP contribution in [0.5, 0.6) is 0 Å². The normalized spacial score (nSPS) is 23.3. The van der Waals surface area contributed by atoms with Gasteiger partial charge in [-0.25, -0.2) is 4.98 Å².